The molecule has 116 valence electrons. The third-order valence-electron chi connectivity index (χ3n) is 3.21. The molecule has 21 heavy (non-hydrogen) atoms. The maximum atomic E-state index is 13.7. The Hall–Kier alpha value is -1.70. The quantitative estimate of drug-likeness (QED) is 0.831. The van der Waals surface area contributed by atoms with Gasteiger partial charge in [0.15, 0.2) is 0 Å². The monoisotopic (exact) mass is 297 g/mol. The number of nitrogens with one attached hydrogen (secondary N) is 1. The number of carbonyl (C=O) groups excluding carboxylic acids is 1. The highest BCUT2D eigenvalue weighted by Crippen LogP contribution is 2.22. The summed E-state index contributed by atoms with van der Waals surface area (Å²) in [6.07, 6.45) is 0. The second kappa shape index (κ2) is 7.35. The lowest BCUT2D eigenvalue weighted by Gasteiger charge is -2.29. The van der Waals surface area contributed by atoms with Gasteiger partial charge in [0.05, 0.1) is 19.8 Å². The summed E-state index contributed by atoms with van der Waals surface area (Å²) >= 11 is 0. The first kappa shape index (κ1) is 15.7. The molecule has 1 aliphatic rings. The average Bonchev–Trinajstić information content (AvgIpc) is 2.47. The molecule has 1 saturated heterocycles. The van der Waals surface area contributed by atoms with E-state index in [1.807, 2.05) is 4.90 Å². The third-order valence-corrected chi connectivity index (χ3v) is 3.21. The summed E-state index contributed by atoms with van der Waals surface area (Å²) in [4.78, 5) is 13.8. The van der Waals surface area contributed by atoms with E-state index in [9.17, 15) is 9.18 Å². The standard InChI is InChI=1S/C14H20FN3O3/c1-20-9-13(16)14(19)17-11-6-10(15)7-12(8-11)18-2-4-21-5-3-18/h6-8,13H,2-5,9,16H2,1H3,(H,17,19). The van der Waals surface area contributed by atoms with Crippen molar-refractivity contribution in [3.05, 3.63) is 24.0 Å². The molecular weight excluding hydrogens is 277 g/mol. The van der Waals surface area contributed by atoms with Gasteiger partial charge in [-0.1, -0.05) is 0 Å². The fraction of sp³-hybridized carbons (Fsp3) is 0.500. The first-order valence-electron chi connectivity index (χ1n) is 6.79. The van der Waals surface area contributed by atoms with E-state index in [1.54, 1.807) is 6.07 Å². The minimum Gasteiger partial charge on any atom is -0.383 e. The Morgan fingerprint density at radius 2 is 2.19 bits per heavy atom. The summed E-state index contributed by atoms with van der Waals surface area (Å²) in [5.41, 5.74) is 6.74. The highest BCUT2D eigenvalue weighted by Gasteiger charge is 2.16. The van der Waals surface area contributed by atoms with Crippen LogP contribution in [0.4, 0.5) is 15.8 Å². The summed E-state index contributed by atoms with van der Waals surface area (Å²) in [6, 6.07) is 3.65. The van der Waals surface area contributed by atoms with Crippen molar-refractivity contribution in [1.82, 2.24) is 0 Å². The number of hydrogen-bond acceptors (Lipinski definition) is 5. The van der Waals surface area contributed by atoms with Crippen molar-refractivity contribution in [3.8, 4) is 0 Å². The van der Waals surface area contributed by atoms with Crippen LogP contribution in [0, 0.1) is 5.82 Å². The van der Waals surface area contributed by atoms with Gasteiger partial charge in [-0.15, -0.1) is 0 Å². The molecule has 0 aliphatic carbocycles. The molecule has 0 spiro atoms. The van der Waals surface area contributed by atoms with Crippen molar-refractivity contribution < 1.29 is 18.7 Å². The van der Waals surface area contributed by atoms with Crippen LogP contribution in [0.3, 0.4) is 0 Å². The molecule has 1 aliphatic heterocycles. The van der Waals surface area contributed by atoms with E-state index < -0.39 is 17.8 Å². The van der Waals surface area contributed by atoms with Crippen LogP contribution in [0.1, 0.15) is 0 Å². The summed E-state index contributed by atoms with van der Waals surface area (Å²) < 4.78 is 23.8. The summed E-state index contributed by atoms with van der Waals surface area (Å²) in [5.74, 6) is -0.815. The first-order valence-corrected chi connectivity index (χ1v) is 6.79. The summed E-state index contributed by atoms with van der Waals surface area (Å²) in [5, 5.41) is 2.60. The van der Waals surface area contributed by atoms with E-state index >= 15 is 0 Å². The molecule has 1 aromatic rings. The topological polar surface area (TPSA) is 76.8 Å². The number of rotatable bonds is 5. The number of halogens is 1. The summed E-state index contributed by atoms with van der Waals surface area (Å²) in [7, 11) is 1.46. The Morgan fingerprint density at radius 3 is 2.86 bits per heavy atom. The molecule has 0 radical (unpaired) electrons. The van der Waals surface area contributed by atoms with Crippen LogP contribution in [0.2, 0.25) is 0 Å². The highest BCUT2D eigenvalue weighted by atomic mass is 19.1. The molecular formula is C14H20FN3O3. The fourth-order valence-electron chi connectivity index (χ4n) is 2.14. The fourth-order valence-corrected chi connectivity index (χ4v) is 2.14. The van der Waals surface area contributed by atoms with Gasteiger partial charge in [0, 0.05) is 31.6 Å². The van der Waals surface area contributed by atoms with E-state index in [4.69, 9.17) is 15.2 Å². The van der Waals surface area contributed by atoms with Gasteiger partial charge >= 0.3 is 0 Å². The molecule has 1 amide bonds. The van der Waals surface area contributed by atoms with Crippen LogP contribution in [-0.2, 0) is 14.3 Å². The third kappa shape index (κ3) is 4.38. The molecule has 2 rings (SSSR count). The average molecular weight is 297 g/mol. The number of ether oxygens (including phenoxy) is 2. The lowest BCUT2D eigenvalue weighted by Crippen LogP contribution is -2.39. The summed E-state index contributed by atoms with van der Waals surface area (Å²) in [6.45, 7) is 2.71. The molecule has 1 fully saturated rings. The predicted molar refractivity (Wildman–Crippen MR) is 77.9 cm³/mol. The van der Waals surface area contributed by atoms with Crippen LogP contribution in [0.25, 0.3) is 0 Å². The van der Waals surface area contributed by atoms with Crippen molar-refractivity contribution in [2.45, 2.75) is 6.04 Å². The van der Waals surface area contributed by atoms with E-state index in [-0.39, 0.29) is 6.61 Å². The number of nitrogens with zero attached hydrogens (tertiary/aromatic N) is 1. The minimum absolute atomic E-state index is 0.109. The Bertz CT molecular complexity index is 492. The van der Waals surface area contributed by atoms with Crippen molar-refractivity contribution in [2.24, 2.45) is 5.73 Å². The van der Waals surface area contributed by atoms with Crippen molar-refractivity contribution in [1.29, 1.82) is 0 Å². The van der Waals surface area contributed by atoms with Gasteiger partial charge in [0.1, 0.15) is 11.9 Å². The molecule has 0 aromatic heterocycles. The zero-order valence-corrected chi connectivity index (χ0v) is 12.0. The molecule has 1 aromatic carbocycles. The minimum atomic E-state index is -0.787. The molecule has 0 saturated carbocycles. The maximum Gasteiger partial charge on any atom is 0.243 e. The van der Waals surface area contributed by atoms with Gasteiger partial charge < -0.3 is 25.4 Å². The highest BCUT2D eigenvalue weighted by molar-refractivity contribution is 5.95. The SMILES string of the molecule is COCC(N)C(=O)Nc1cc(F)cc(N2CCOCC2)c1. The molecule has 1 unspecified atom stereocenters. The molecule has 1 atom stereocenters. The maximum absolute atomic E-state index is 13.7. The van der Waals surface area contributed by atoms with Gasteiger partial charge in [-0.25, -0.2) is 4.39 Å². The number of hydrogen-bond donors (Lipinski definition) is 2. The van der Waals surface area contributed by atoms with Crippen LogP contribution in [0.5, 0.6) is 0 Å². The number of methoxy groups -OCH3 is 1. The van der Waals surface area contributed by atoms with E-state index in [0.717, 1.165) is 0 Å². The predicted octanol–water partition coefficient (Wildman–Crippen LogP) is 0.574. The number of benzene rings is 1. The van der Waals surface area contributed by atoms with Crippen molar-refractivity contribution >= 4 is 17.3 Å². The van der Waals surface area contributed by atoms with E-state index in [0.29, 0.717) is 37.7 Å². The first-order chi connectivity index (χ1) is 10.1. The van der Waals surface area contributed by atoms with Gasteiger partial charge in [0.2, 0.25) is 5.91 Å². The Balaban J connectivity index is 2.09. The molecule has 3 N–H and O–H groups in total. The number of morpholine rings is 1. The second-order valence-electron chi connectivity index (χ2n) is 4.85. The normalized spacial score (nSPS) is 16.6. The van der Waals surface area contributed by atoms with Crippen LogP contribution in [-0.4, -0.2) is 52.0 Å². The van der Waals surface area contributed by atoms with Crippen LogP contribution < -0.4 is 16.0 Å². The van der Waals surface area contributed by atoms with Crippen LogP contribution in [0.15, 0.2) is 18.2 Å². The van der Waals surface area contributed by atoms with Gasteiger partial charge in [-0.05, 0) is 18.2 Å². The number of carbonyl (C=O) groups is 1. The number of anilines is 2. The Morgan fingerprint density at radius 1 is 1.48 bits per heavy atom. The second-order valence-corrected chi connectivity index (χ2v) is 4.85. The lowest BCUT2D eigenvalue weighted by atomic mass is 10.2. The molecule has 0 bridgehead atoms. The van der Waals surface area contributed by atoms with E-state index in [2.05, 4.69) is 5.32 Å². The largest absolute Gasteiger partial charge is 0.383 e. The van der Waals surface area contributed by atoms with Gasteiger partial charge in [-0.2, -0.15) is 0 Å². The smallest absolute Gasteiger partial charge is 0.243 e. The number of amides is 1. The van der Waals surface area contributed by atoms with Gasteiger partial charge in [0.25, 0.3) is 0 Å². The molecule has 1 heterocycles. The Labute approximate surface area is 123 Å². The lowest BCUT2D eigenvalue weighted by molar-refractivity contribution is -0.118. The number of nitrogens with two attached hydrogens (primary N) is 1. The van der Waals surface area contributed by atoms with Crippen molar-refractivity contribution in [3.63, 3.8) is 0 Å². The zero-order valence-electron chi connectivity index (χ0n) is 12.0. The molecule has 7 heteroatoms. The van der Waals surface area contributed by atoms with Crippen LogP contribution >= 0.6 is 0 Å². The zero-order chi connectivity index (χ0) is 15.2. The molecule has 6 nitrogen and oxygen atoms in total. The Kier molecular flexibility index (Phi) is 5.49. The van der Waals surface area contributed by atoms with Gasteiger partial charge in [-0.3, -0.25) is 4.79 Å². The van der Waals surface area contributed by atoms with E-state index in [1.165, 1.54) is 19.2 Å². The van der Waals surface area contributed by atoms with Crippen molar-refractivity contribution in [2.75, 3.05) is 50.2 Å².